The van der Waals surface area contributed by atoms with Crippen molar-refractivity contribution >= 4 is 34.2 Å². The average Bonchev–Trinajstić information content (AvgIpc) is 2.05. The summed E-state index contributed by atoms with van der Waals surface area (Å²) in [7, 11) is 1.49. The summed E-state index contributed by atoms with van der Waals surface area (Å²) in [4.78, 5) is 0. The molecule has 66 valence electrons. The van der Waals surface area contributed by atoms with Crippen LogP contribution in [0.25, 0.3) is 0 Å². The summed E-state index contributed by atoms with van der Waals surface area (Å²) in [5.74, 6) is 0.192. The van der Waals surface area contributed by atoms with Crippen LogP contribution in [0.2, 0.25) is 0 Å². The third kappa shape index (κ3) is 2.83. The van der Waals surface area contributed by atoms with Gasteiger partial charge in [-0.1, -0.05) is 15.9 Å². The Morgan fingerprint density at radius 2 is 1.83 bits per heavy atom. The van der Waals surface area contributed by atoms with Crippen LogP contribution in [-0.2, 0) is 4.74 Å². The van der Waals surface area contributed by atoms with Crippen LogP contribution in [0.4, 0.5) is 0 Å². The fourth-order valence-corrected chi connectivity index (χ4v) is 0.983. The van der Waals surface area contributed by atoms with E-state index >= 15 is 0 Å². The highest BCUT2D eigenvalue weighted by molar-refractivity contribution is 9.10. The van der Waals surface area contributed by atoms with Crippen LogP contribution in [0.5, 0.6) is 0 Å². The van der Waals surface area contributed by atoms with Gasteiger partial charge in [0.1, 0.15) is 0 Å². The quantitative estimate of drug-likeness (QED) is 0.603. The van der Waals surface area contributed by atoms with Crippen molar-refractivity contribution in [3.05, 3.63) is 34.3 Å². The van der Waals surface area contributed by atoms with E-state index in [0.29, 0.717) is 0 Å². The molecule has 0 heterocycles. The predicted molar refractivity (Wildman–Crippen MR) is 55.2 cm³/mol. The minimum Gasteiger partial charge on any atom is -0.481 e. The number of benzene rings is 1. The molecule has 0 atom stereocenters. The van der Waals surface area contributed by atoms with Crippen molar-refractivity contribution in [2.45, 2.75) is 0 Å². The normalized spacial score (nSPS) is 8.50. The maximum atomic E-state index is 7.31. The van der Waals surface area contributed by atoms with Gasteiger partial charge in [-0.3, -0.25) is 5.41 Å². The van der Waals surface area contributed by atoms with E-state index in [1.54, 1.807) is 0 Å². The molecule has 0 unspecified atom stereocenters. The van der Waals surface area contributed by atoms with Gasteiger partial charge in [-0.2, -0.15) is 0 Å². The van der Waals surface area contributed by atoms with Crippen LogP contribution in [0.1, 0.15) is 5.56 Å². The van der Waals surface area contributed by atoms with E-state index in [1.165, 1.54) is 7.11 Å². The Kier molecular flexibility index (Phi) is 4.93. The number of rotatable bonds is 1. The minimum absolute atomic E-state index is 0. The SMILES string of the molecule is COC(=N)c1ccc(Br)cc1.Cl. The molecule has 0 saturated carbocycles. The topological polar surface area (TPSA) is 33.1 Å². The molecular weight excluding hydrogens is 241 g/mol. The molecule has 0 bridgehead atoms. The number of ether oxygens (including phenoxy) is 1. The van der Waals surface area contributed by atoms with E-state index in [4.69, 9.17) is 10.1 Å². The lowest BCUT2D eigenvalue weighted by molar-refractivity contribution is 0.401. The van der Waals surface area contributed by atoms with Crippen molar-refractivity contribution in [1.29, 1.82) is 5.41 Å². The minimum atomic E-state index is 0. The molecule has 0 aromatic heterocycles. The highest BCUT2D eigenvalue weighted by Gasteiger charge is 1.97. The van der Waals surface area contributed by atoms with Gasteiger partial charge in [-0.05, 0) is 24.3 Å². The lowest BCUT2D eigenvalue weighted by Crippen LogP contribution is -1.99. The monoisotopic (exact) mass is 249 g/mol. The maximum Gasteiger partial charge on any atom is 0.212 e. The Labute approximate surface area is 86.0 Å². The standard InChI is InChI=1S/C8H8BrNO.ClH/c1-11-8(10)6-2-4-7(9)5-3-6;/h2-5,10H,1H3;1H. The number of methoxy groups -OCH3 is 1. The van der Waals surface area contributed by atoms with Gasteiger partial charge >= 0.3 is 0 Å². The smallest absolute Gasteiger partial charge is 0.212 e. The van der Waals surface area contributed by atoms with Gasteiger partial charge in [-0.25, -0.2) is 0 Å². The van der Waals surface area contributed by atoms with Gasteiger partial charge in [-0.15, -0.1) is 12.4 Å². The van der Waals surface area contributed by atoms with Crippen molar-refractivity contribution in [3.8, 4) is 0 Å². The van der Waals surface area contributed by atoms with Crippen molar-refractivity contribution in [3.63, 3.8) is 0 Å². The van der Waals surface area contributed by atoms with Crippen molar-refractivity contribution in [1.82, 2.24) is 0 Å². The molecule has 0 aliphatic heterocycles. The van der Waals surface area contributed by atoms with Crippen LogP contribution in [0, 0.1) is 5.41 Å². The van der Waals surface area contributed by atoms with E-state index in [1.807, 2.05) is 24.3 Å². The molecule has 1 rings (SSSR count). The van der Waals surface area contributed by atoms with Crippen molar-refractivity contribution < 1.29 is 4.74 Å². The van der Waals surface area contributed by atoms with Crippen molar-refractivity contribution in [2.75, 3.05) is 7.11 Å². The first kappa shape index (κ1) is 11.5. The summed E-state index contributed by atoms with van der Waals surface area (Å²) in [5.41, 5.74) is 0.788. The first-order valence-corrected chi connectivity index (χ1v) is 3.92. The fourth-order valence-electron chi connectivity index (χ4n) is 0.719. The number of halogens is 2. The number of hydrogen-bond donors (Lipinski definition) is 1. The van der Waals surface area contributed by atoms with Crippen LogP contribution in [0.15, 0.2) is 28.7 Å². The summed E-state index contributed by atoms with van der Waals surface area (Å²) in [6.07, 6.45) is 0. The van der Waals surface area contributed by atoms with E-state index in [2.05, 4.69) is 15.9 Å². The lowest BCUT2D eigenvalue weighted by Gasteiger charge is -2.00. The Bertz CT molecular complexity index is 260. The van der Waals surface area contributed by atoms with Crippen LogP contribution >= 0.6 is 28.3 Å². The summed E-state index contributed by atoms with van der Waals surface area (Å²) < 4.78 is 5.75. The van der Waals surface area contributed by atoms with Gasteiger partial charge in [0.2, 0.25) is 5.90 Å². The Hall–Kier alpha value is -0.540. The zero-order chi connectivity index (χ0) is 8.27. The predicted octanol–water partition coefficient (Wildman–Crippen LogP) is 2.84. The summed E-state index contributed by atoms with van der Waals surface area (Å²) >= 11 is 3.31. The molecule has 0 aliphatic rings. The van der Waals surface area contributed by atoms with Gasteiger partial charge in [0.25, 0.3) is 0 Å². The Morgan fingerprint density at radius 1 is 1.33 bits per heavy atom. The molecule has 12 heavy (non-hydrogen) atoms. The molecule has 0 radical (unpaired) electrons. The van der Waals surface area contributed by atoms with Gasteiger partial charge in [0, 0.05) is 10.0 Å². The summed E-state index contributed by atoms with van der Waals surface area (Å²) in [6, 6.07) is 7.41. The zero-order valence-electron chi connectivity index (χ0n) is 6.50. The highest BCUT2D eigenvalue weighted by Crippen LogP contribution is 2.10. The first-order chi connectivity index (χ1) is 5.24. The van der Waals surface area contributed by atoms with E-state index < -0.39 is 0 Å². The molecule has 1 N–H and O–H groups in total. The van der Waals surface area contributed by atoms with Crippen molar-refractivity contribution in [2.24, 2.45) is 0 Å². The number of hydrogen-bond acceptors (Lipinski definition) is 2. The second-order valence-corrected chi connectivity index (χ2v) is 2.96. The van der Waals surface area contributed by atoms with Gasteiger partial charge < -0.3 is 4.74 Å². The molecule has 0 amide bonds. The average molecular weight is 251 g/mol. The highest BCUT2D eigenvalue weighted by atomic mass is 79.9. The van der Waals surface area contributed by atoms with Gasteiger partial charge in [0.05, 0.1) is 7.11 Å². The third-order valence-corrected chi connectivity index (χ3v) is 1.84. The van der Waals surface area contributed by atoms with Gasteiger partial charge in [0.15, 0.2) is 0 Å². The lowest BCUT2D eigenvalue weighted by atomic mass is 10.2. The summed E-state index contributed by atoms with van der Waals surface area (Å²) in [6.45, 7) is 0. The fraction of sp³-hybridized carbons (Fsp3) is 0.125. The Morgan fingerprint density at radius 3 is 2.25 bits per heavy atom. The second kappa shape index (κ2) is 5.17. The molecule has 1 aromatic rings. The zero-order valence-corrected chi connectivity index (χ0v) is 8.91. The maximum absolute atomic E-state index is 7.31. The van der Waals surface area contributed by atoms with E-state index in [9.17, 15) is 0 Å². The second-order valence-electron chi connectivity index (χ2n) is 2.04. The molecule has 4 heteroatoms. The summed E-state index contributed by atoms with van der Waals surface area (Å²) in [5, 5.41) is 7.31. The van der Waals surface area contributed by atoms with Crippen LogP contribution in [0.3, 0.4) is 0 Å². The first-order valence-electron chi connectivity index (χ1n) is 3.12. The Balaban J connectivity index is 0.00000121. The molecule has 0 spiro atoms. The van der Waals surface area contributed by atoms with Crippen LogP contribution < -0.4 is 0 Å². The molecule has 0 saturated heterocycles. The molecule has 2 nitrogen and oxygen atoms in total. The largest absolute Gasteiger partial charge is 0.481 e. The molecular formula is C8H9BrClNO. The molecule has 0 fully saturated rings. The molecule has 0 aliphatic carbocycles. The number of nitrogens with one attached hydrogen (secondary N) is 1. The van der Waals surface area contributed by atoms with E-state index in [0.717, 1.165) is 10.0 Å². The van der Waals surface area contributed by atoms with Crippen LogP contribution in [-0.4, -0.2) is 13.0 Å². The molecule has 1 aromatic carbocycles. The third-order valence-electron chi connectivity index (χ3n) is 1.31. The van der Waals surface area contributed by atoms with E-state index in [-0.39, 0.29) is 18.3 Å².